The Balaban J connectivity index is 2.54. The third-order valence-electron chi connectivity index (χ3n) is 2.27. The molecule has 1 aromatic rings. The second-order valence-corrected chi connectivity index (χ2v) is 3.60. The highest BCUT2D eigenvalue weighted by Crippen LogP contribution is 2.12. The predicted molar refractivity (Wildman–Crippen MR) is 56.7 cm³/mol. The fourth-order valence-electron chi connectivity index (χ4n) is 1.45. The Kier molecular flexibility index (Phi) is 4.65. The molecule has 6 heteroatoms. The summed E-state index contributed by atoms with van der Waals surface area (Å²) in [6.45, 7) is 0.259. The monoisotopic (exact) mass is 225 g/mol. The van der Waals surface area contributed by atoms with Crippen molar-refractivity contribution in [2.24, 2.45) is 11.7 Å². The number of hydrogen-bond acceptors (Lipinski definition) is 4. The van der Waals surface area contributed by atoms with E-state index in [0.29, 0.717) is 5.69 Å². The van der Waals surface area contributed by atoms with Gasteiger partial charge in [0.1, 0.15) is 5.78 Å². The van der Waals surface area contributed by atoms with Gasteiger partial charge in [0.25, 0.3) is 0 Å². The molecule has 0 amide bonds. The van der Waals surface area contributed by atoms with Crippen LogP contribution in [-0.4, -0.2) is 33.4 Å². The molecule has 88 valence electrons. The summed E-state index contributed by atoms with van der Waals surface area (Å²) < 4.78 is 0. The van der Waals surface area contributed by atoms with Crippen LogP contribution in [0.3, 0.4) is 0 Å². The minimum absolute atomic E-state index is 0.0194. The fourth-order valence-corrected chi connectivity index (χ4v) is 1.45. The maximum Gasteiger partial charge on any atom is 0.307 e. The van der Waals surface area contributed by atoms with E-state index in [4.69, 9.17) is 10.8 Å². The molecule has 0 aliphatic rings. The highest BCUT2D eigenvalue weighted by Gasteiger charge is 2.21. The molecule has 0 aliphatic heterocycles. The van der Waals surface area contributed by atoms with Gasteiger partial charge < -0.3 is 15.8 Å². The predicted octanol–water partition coefficient (Wildman–Crippen LogP) is -0.0390. The average Bonchev–Trinajstić information content (AvgIpc) is 2.69. The second kappa shape index (κ2) is 6.02. The van der Waals surface area contributed by atoms with Gasteiger partial charge in [-0.15, -0.1) is 0 Å². The summed E-state index contributed by atoms with van der Waals surface area (Å²) in [5, 5.41) is 8.97. The van der Waals surface area contributed by atoms with Crippen LogP contribution < -0.4 is 5.73 Å². The van der Waals surface area contributed by atoms with Crippen LogP contribution in [0.4, 0.5) is 0 Å². The molecule has 1 rings (SSSR count). The molecular weight excluding hydrogens is 210 g/mol. The van der Waals surface area contributed by atoms with Crippen LogP contribution in [0.2, 0.25) is 0 Å². The maximum absolute atomic E-state index is 11.3. The fraction of sp³-hybridized carbons (Fsp3) is 0.500. The summed E-state index contributed by atoms with van der Waals surface area (Å²) in [5.41, 5.74) is 5.95. The number of imidazole rings is 1. The molecule has 1 heterocycles. The summed E-state index contributed by atoms with van der Waals surface area (Å²) >= 11 is 0. The van der Waals surface area contributed by atoms with Crippen molar-refractivity contribution in [2.45, 2.75) is 19.3 Å². The van der Waals surface area contributed by atoms with Gasteiger partial charge in [-0.2, -0.15) is 0 Å². The topological polar surface area (TPSA) is 109 Å². The Morgan fingerprint density at radius 2 is 2.31 bits per heavy atom. The van der Waals surface area contributed by atoms with Gasteiger partial charge in [-0.25, -0.2) is 4.98 Å². The highest BCUT2D eigenvalue weighted by molar-refractivity contribution is 5.84. The minimum Gasteiger partial charge on any atom is -0.481 e. The van der Waals surface area contributed by atoms with Crippen LogP contribution in [0.5, 0.6) is 0 Å². The molecule has 6 nitrogen and oxygen atoms in total. The van der Waals surface area contributed by atoms with Gasteiger partial charge in [-0.3, -0.25) is 9.59 Å². The number of rotatable bonds is 7. The van der Waals surface area contributed by atoms with Gasteiger partial charge in [0, 0.05) is 31.2 Å². The summed E-state index contributed by atoms with van der Waals surface area (Å²) in [6, 6.07) is 0. The first-order valence-electron chi connectivity index (χ1n) is 5.05. The van der Waals surface area contributed by atoms with Crippen LogP contribution in [-0.2, 0) is 16.0 Å². The smallest absolute Gasteiger partial charge is 0.307 e. The third-order valence-corrected chi connectivity index (χ3v) is 2.27. The van der Waals surface area contributed by atoms with E-state index in [9.17, 15) is 9.59 Å². The van der Waals surface area contributed by atoms with E-state index in [1.165, 1.54) is 6.33 Å². The van der Waals surface area contributed by atoms with Crippen molar-refractivity contribution in [3.05, 3.63) is 18.2 Å². The third kappa shape index (κ3) is 3.82. The molecule has 0 aliphatic carbocycles. The number of nitrogens with one attached hydrogen (secondary N) is 1. The van der Waals surface area contributed by atoms with Crippen molar-refractivity contribution in [3.8, 4) is 0 Å². The number of aromatic nitrogens is 2. The van der Waals surface area contributed by atoms with E-state index >= 15 is 0 Å². The van der Waals surface area contributed by atoms with Gasteiger partial charge in [0.15, 0.2) is 0 Å². The number of Topliss-reactive ketones (excluding diaryl/α,β-unsaturated/α-hetero) is 1. The normalized spacial score (nSPS) is 12.3. The van der Waals surface area contributed by atoms with Gasteiger partial charge in [-0.1, -0.05) is 0 Å². The second-order valence-electron chi connectivity index (χ2n) is 3.60. The zero-order valence-corrected chi connectivity index (χ0v) is 8.85. The number of carbonyl (C=O) groups excluding carboxylic acids is 1. The lowest BCUT2D eigenvalue weighted by Gasteiger charge is -2.09. The van der Waals surface area contributed by atoms with Crippen LogP contribution in [0.25, 0.3) is 0 Å². The van der Waals surface area contributed by atoms with Crippen molar-refractivity contribution in [3.63, 3.8) is 0 Å². The number of aliphatic carboxylic acids is 1. The Morgan fingerprint density at radius 3 is 2.81 bits per heavy atom. The first kappa shape index (κ1) is 12.4. The number of carboxylic acid groups (broad SMARTS) is 1. The van der Waals surface area contributed by atoms with E-state index in [0.717, 1.165) is 0 Å². The Bertz CT molecular complexity index is 348. The number of nitrogens with zero attached hydrogens (tertiary/aromatic N) is 1. The van der Waals surface area contributed by atoms with Crippen molar-refractivity contribution >= 4 is 11.8 Å². The molecule has 0 saturated heterocycles. The molecular formula is C10H15N3O3. The minimum atomic E-state index is -0.972. The largest absolute Gasteiger partial charge is 0.481 e. The zero-order valence-electron chi connectivity index (χ0n) is 8.85. The van der Waals surface area contributed by atoms with E-state index < -0.39 is 11.9 Å². The van der Waals surface area contributed by atoms with Crippen LogP contribution in [0.1, 0.15) is 18.5 Å². The first-order chi connectivity index (χ1) is 7.63. The molecule has 0 aromatic carbocycles. The molecule has 0 saturated carbocycles. The van der Waals surface area contributed by atoms with Gasteiger partial charge in [-0.05, 0) is 6.54 Å². The standard InChI is InChI=1S/C10H15N3O3/c11-2-1-9(14)4-7(10(15)16)3-8-5-12-6-13-8/h5-7H,1-4,11H2,(H,12,13)(H,15,16)/t7-/m1/s1. The number of H-pyrrole nitrogens is 1. The molecule has 0 bridgehead atoms. The molecule has 1 atom stereocenters. The molecule has 0 fully saturated rings. The quantitative estimate of drug-likeness (QED) is 0.603. The van der Waals surface area contributed by atoms with Crippen LogP contribution >= 0.6 is 0 Å². The lowest BCUT2D eigenvalue weighted by Crippen LogP contribution is -2.21. The molecule has 0 unspecified atom stereocenters. The molecule has 0 radical (unpaired) electrons. The van der Waals surface area contributed by atoms with Gasteiger partial charge >= 0.3 is 5.97 Å². The highest BCUT2D eigenvalue weighted by atomic mass is 16.4. The van der Waals surface area contributed by atoms with Gasteiger partial charge in [0.05, 0.1) is 12.2 Å². The SMILES string of the molecule is NCCC(=O)C[C@@H](Cc1cnc[nH]1)C(=O)O. The first-order valence-corrected chi connectivity index (χ1v) is 5.05. The lowest BCUT2D eigenvalue weighted by molar-refractivity contribution is -0.143. The Labute approximate surface area is 92.9 Å². The number of nitrogens with two attached hydrogens (primary N) is 1. The number of carbonyl (C=O) groups is 2. The number of hydrogen-bond donors (Lipinski definition) is 3. The van der Waals surface area contributed by atoms with Crippen molar-refractivity contribution in [1.29, 1.82) is 0 Å². The molecule has 4 N–H and O–H groups in total. The van der Waals surface area contributed by atoms with Gasteiger partial charge in [0.2, 0.25) is 0 Å². The van der Waals surface area contributed by atoms with Crippen molar-refractivity contribution < 1.29 is 14.7 Å². The summed E-state index contributed by atoms with van der Waals surface area (Å²) in [4.78, 5) is 28.9. The molecule has 16 heavy (non-hydrogen) atoms. The zero-order chi connectivity index (χ0) is 12.0. The lowest BCUT2D eigenvalue weighted by atomic mass is 9.96. The maximum atomic E-state index is 11.3. The van der Waals surface area contributed by atoms with E-state index in [-0.39, 0.29) is 31.6 Å². The summed E-state index contributed by atoms with van der Waals surface area (Å²) in [5.74, 6) is -1.80. The van der Waals surface area contributed by atoms with Crippen LogP contribution in [0.15, 0.2) is 12.5 Å². The molecule has 1 aromatic heterocycles. The number of ketones is 1. The van der Waals surface area contributed by atoms with Crippen molar-refractivity contribution in [2.75, 3.05) is 6.54 Å². The summed E-state index contributed by atoms with van der Waals surface area (Å²) in [6.07, 6.45) is 3.57. The van der Waals surface area contributed by atoms with E-state index in [1.807, 2.05) is 0 Å². The van der Waals surface area contributed by atoms with Crippen molar-refractivity contribution in [1.82, 2.24) is 9.97 Å². The summed E-state index contributed by atoms with van der Waals surface area (Å²) in [7, 11) is 0. The average molecular weight is 225 g/mol. The van der Waals surface area contributed by atoms with E-state index in [1.54, 1.807) is 6.20 Å². The number of aromatic amines is 1. The van der Waals surface area contributed by atoms with E-state index in [2.05, 4.69) is 9.97 Å². The Morgan fingerprint density at radius 1 is 1.56 bits per heavy atom. The number of carboxylic acids is 1. The Hall–Kier alpha value is -1.69. The van der Waals surface area contributed by atoms with Crippen LogP contribution in [0, 0.1) is 5.92 Å². The molecule has 0 spiro atoms.